The Morgan fingerprint density at radius 3 is 2.89 bits per heavy atom. The van der Waals surface area contributed by atoms with Crippen LogP contribution in [0.1, 0.15) is 5.56 Å². The van der Waals surface area contributed by atoms with Gasteiger partial charge in [-0.1, -0.05) is 29.3 Å². The number of benzene rings is 1. The molecule has 96 valence electrons. The molecule has 1 N–H and O–H groups in total. The van der Waals surface area contributed by atoms with Gasteiger partial charge in [0.1, 0.15) is 5.82 Å². The summed E-state index contributed by atoms with van der Waals surface area (Å²) < 4.78 is 1.35. The van der Waals surface area contributed by atoms with Crippen LogP contribution < -0.4 is 5.32 Å². The molecule has 3 rings (SSSR count). The van der Waals surface area contributed by atoms with Gasteiger partial charge in [-0.3, -0.25) is 0 Å². The van der Waals surface area contributed by atoms with Gasteiger partial charge in [-0.05, 0) is 40.3 Å². The third-order valence-electron chi connectivity index (χ3n) is 2.54. The van der Waals surface area contributed by atoms with Gasteiger partial charge in [0.25, 0.3) is 0 Å². The number of tetrazole rings is 1. The van der Waals surface area contributed by atoms with Crippen molar-refractivity contribution in [2.24, 2.45) is 0 Å². The van der Waals surface area contributed by atoms with Crippen LogP contribution >= 0.6 is 23.2 Å². The predicted octanol–water partition coefficient (Wildman–Crippen LogP) is 2.44. The monoisotopic (exact) mass is 294 g/mol. The minimum absolute atomic E-state index is 0.538. The number of rotatable bonds is 3. The maximum absolute atomic E-state index is 6.09. The first-order valence-electron chi connectivity index (χ1n) is 5.45. The van der Waals surface area contributed by atoms with E-state index in [9.17, 15) is 0 Å². The third-order valence-corrected chi connectivity index (χ3v) is 3.13. The first kappa shape index (κ1) is 12.1. The van der Waals surface area contributed by atoms with Crippen LogP contribution in [0.4, 0.5) is 5.82 Å². The SMILES string of the molecule is Clc1ccc(CNc2ccc3nnnn3n2)c(Cl)c1. The van der Waals surface area contributed by atoms with Crippen molar-refractivity contribution in [3.8, 4) is 0 Å². The second kappa shape index (κ2) is 4.99. The summed E-state index contributed by atoms with van der Waals surface area (Å²) in [5, 5.41) is 19.6. The van der Waals surface area contributed by atoms with Crippen LogP contribution in [-0.4, -0.2) is 25.3 Å². The molecule has 0 aliphatic rings. The molecule has 0 atom stereocenters. The lowest BCUT2D eigenvalue weighted by Gasteiger charge is -2.07. The zero-order chi connectivity index (χ0) is 13.2. The molecule has 0 spiro atoms. The average Bonchev–Trinajstić information content (AvgIpc) is 2.85. The summed E-state index contributed by atoms with van der Waals surface area (Å²) in [5.41, 5.74) is 1.53. The molecule has 0 unspecified atom stereocenters. The zero-order valence-electron chi connectivity index (χ0n) is 9.59. The normalized spacial score (nSPS) is 10.8. The number of fused-ring (bicyclic) bond motifs is 1. The standard InChI is InChI=1S/C11H8Cl2N6/c12-8-2-1-7(9(13)5-8)6-14-10-3-4-11-15-17-18-19(11)16-10/h1-5H,6H2,(H,14,16). The van der Waals surface area contributed by atoms with Gasteiger partial charge in [-0.15, -0.1) is 14.8 Å². The zero-order valence-corrected chi connectivity index (χ0v) is 11.1. The molecule has 2 heterocycles. The van der Waals surface area contributed by atoms with Crippen molar-refractivity contribution in [3.05, 3.63) is 45.9 Å². The van der Waals surface area contributed by atoms with Gasteiger partial charge in [0.2, 0.25) is 0 Å². The number of nitrogens with zero attached hydrogens (tertiary/aromatic N) is 5. The van der Waals surface area contributed by atoms with E-state index in [1.54, 1.807) is 24.3 Å². The Hall–Kier alpha value is -1.92. The second-order valence-corrected chi connectivity index (χ2v) is 4.68. The molecule has 6 nitrogen and oxygen atoms in total. The highest BCUT2D eigenvalue weighted by atomic mass is 35.5. The molecule has 3 aromatic rings. The molecular formula is C11H8Cl2N6. The third kappa shape index (κ3) is 2.59. The molecule has 0 aliphatic carbocycles. The van der Waals surface area contributed by atoms with Crippen LogP contribution in [-0.2, 0) is 6.54 Å². The number of hydrogen-bond donors (Lipinski definition) is 1. The van der Waals surface area contributed by atoms with Crippen molar-refractivity contribution in [1.82, 2.24) is 25.3 Å². The van der Waals surface area contributed by atoms with Gasteiger partial charge >= 0.3 is 0 Å². The highest BCUT2D eigenvalue weighted by Crippen LogP contribution is 2.21. The van der Waals surface area contributed by atoms with Crippen LogP contribution in [0.25, 0.3) is 5.65 Å². The van der Waals surface area contributed by atoms with Crippen molar-refractivity contribution in [2.45, 2.75) is 6.54 Å². The lowest BCUT2D eigenvalue weighted by Crippen LogP contribution is -2.05. The van der Waals surface area contributed by atoms with Gasteiger partial charge in [-0.2, -0.15) is 0 Å². The molecule has 19 heavy (non-hydrogen) atoms. The molecule has 8 heteroatoms. The Balaban J connectivity index is 1.77. The highest BCUT2D eigenvalue weighted by molar-refractivity contribution is 6.35. The Morgan fingerprint density at radius 1 is 1.16 bits per heavy atom. The summed E-state index contributed by atoms with van der Waals surface area (Å²) in [5.74, 6) is 0.658. The van der Waals surface area contributed by atoms with Crippen molar-refractivity contribution in [1.29, 1.82) is 0 Å². The lowest BCUT2D eigenvalue weighted by atomic mass is 10.2. The number of nitrogens with one attached hydrogen (secondary N) is 1. The quantitative estimate of drug-likeness (QED) is 0.803. The fraction of sp³-hybridized carbons (Fsp3) is 0.0909. The fourth-order valence-electron chi connectivity index (χ4n) is 1.59. The Morgan fingerprint density at radius 2 is 2.05 bits per heavy atom. The molecule has 0 radical (unpaired) electrons. The van der Waals surface area contributed by atoms with Gasteiger partial charge < -0.3 is 5.32 Å². The van der Waals surface area contributed by atoms with E-state index in [2.05, 4.69) is 25.9 Å². The fourth-order valence-corrected chi connectivity index (χ4v) is 2.07. The Bertz CT molecular complexity index is 726. The smallest absolute Gasteiger partial charge is 0.200 e. The van der Waals surface area contributed by atoms with Crippen molar-refractivity contribution >= 4 is 34.7 Å². The first-order valence-corrected chi connectivity index (χ1v) is 6.21. The topological polar surface area (TPSA) is 68.0 Å². The van der Waals surface area contributed by atoms with Crippen LogP contribution in [0.3, 0.4) is 0 Å². The van der Waals surface area contributed by atoms with Gasteiger partial charge in [0.05, 0.1) is 0 Å². The molecule has 0 saturated heterocycles. The molecule has 1 aromatic carbocycles. The number of aromatic nitrogens is 5. The van der Waals surface area contributed by atoms with Crippen LogP contribution in [0.2, 0.25) is 10.0 Å². The average molecular weight is 295 g/mol. The number of halogens is 2. The molecule has 0 aliphatic heterocycles. The largest absolute Gasteiger partial charge is 0.364 e. The summed E-state index contributed by atoms with van der Waals surface area (Å²) >= 11 is 11.9. The number of hydrogen-bond acceptors (Lipinski definition) is 5. The number of anilines is 1. The maximum atomic E-state index is 6.09. The minimum Gasteiger partial charge on any atom is -0.364 e. The molecule has 0 amide bonds. The molecule has 2 aromatic heterocycles. The molecular weight excluding hydrogens is 287 g/mol. The molecule has 0 fully saturated rings. The lowest BCUT2D eigenvalue weighted by molar-refractivity contribution is 0.734. The summed E-state index contributed by atoms with van der Waals surface area (Å²) in [7, 11) is 0. The molecule has 0 saturated carbocycles. The van der Waals surface area contributed by atoms with Crippen LogP contribution in [0, 0.1) is 0 Å². The van der Waals surface area contributed by atoms with E-state index >= 15 is 0 Å². The summed E-state index contributed by atoms with van der Waals surface area (Å²) in [6, 6.07) is 8.95. The predicted molar refractivity (Wildman–Crippen MR) is 72.4 cm³/mol. The van der Waals surface area contributed by atoms with E-state index in [0.717, 1.165) is 5.56 Å². The minimum atomic E-state index is 0.538. The van der Waals surface area contributed by atoms with E-state index in [-0.39, 0.29) is 0 Å². The van der Waals surface area contributed by atoms with Crippen LogP contribution in [0.15, 0.2) is 30.3 Å². The summed E-state index contributed by atoms with van der Waals surface area (Å²) in [6.45, 7) is 0.538. The summed E-state index contributed by atoms with van der Waals surface area (Å²) in [6.07, 6.45) is 0. The van der Waals surface area contributed by atoms with Gasteiger partial charge in [-0.25, -0.2) is 0 Å². The summed E-state index contributed by atoms with van der Waals surface area (Å²) in [4.78, 5) is 0. The van der Waals surface area contributed by atoms with Crippen LogP contribution in [0.5, 0.6) is 0 Å². The maximum Gasteiger partial charge on any atom is 0.200 e. The van der Waals surface area contributed by atoms with E-state index in [1.807, 2.05) is 6.07 Å². The van der Waals surface area contributed by atoms with Crippen molar-refractivity contribution in [3.63, 3.8) is 0 Å². The first-order chi connectivity index (χ1) is 9.22. The van der Waals surface area contributed by atoms with E-state index in [1.165, 1.54) is 4.63 Å². The Kier molecular flexibility index (Phi) is 3.18. The van der Waals surface area contributed by atoms with Gasteiger partial charge in [0.15, 0.2) is 5.65 Å². The second-order valence-electron chi connectivity index (χ2n) is 3.83. The Labute approximate surface area is 118 Å². The van der Waals surface area contributed by atoms with Crippen molar-refractivity contribution in [2.75, 3.05) is 5.32 Å². The van der Waals surface area contributed by atoms with Gasteiger partial charge in [0, 0.05) is 16.6 Å². The molecule has 0 bridgehead atoms. The van der Waals surface area contributed by atoms with E-state index < -0.39 is 0 Å². The van der Waals surface area contributed by atoms with Crippen molar-refractivity contribution < 1.29 is 0 Å². The van der Waals surface area contributed by atoms with E-state index in [4.69, 9.17) is 23.2 Å². The highest BCUT2D eigenvalue weighted by Gasteiger charge is 2.03. The van der Waals surface area contributed by atoms with E-state index in [0.29, 0.717) is 28.1 Å².